The summed E-state index contributed by atoms with van der Waals surface area (Å²) in [6, 6.07) is 0.402. The molecule has 1 heterocycles. The lowest BCUT2D eigenvalue weighted by Gasteiger charge is -2.38. The summed E-state index contributed by atoms with van der Waals surface area (Å²) in [5, 5.41) is 2.93. The normalized spacial score (nSPS) is 18.9. The Morgan fingerprint density at radius 3 is 2.44 bits per heavy atom. The van der Waals surface area contributed by atoms with Crippen LogP contribution < -0.4 is 11.1 Å². The standard InChI is InChI=1S/C13H27N3O2/c1-3-11(4-2)12(10-15-13(17)9-14)16-5-7-18-8-6-16/h11-12H,3-10,14H2,1-2H3,(H,15,17). The van der Waals surface area contributed by atoms with Gasteiger partial charge in [-0.2, -0.15) is 0 Å². The highest BCUT2D eigenvalue weighted by Gasteiger charge is 2.26. The minimum absolute atomic E-state index is 0.0682. The van der Waals surface area contributed by atoms with Crippen LogP contribution in [0.25, 0.3) is 0 Å². The van der Waals surface area contributed by atoms with Crippen molar-refractivity contribution in [1.82, 2.24) is 10.2 Å². The molecule has 0 aromatic rings. The Labute approximate surface area is 110 Å². The first-order chi connectivity index (χ1) is 8.72. The van der Waals surface area contributed by atoms with Crippen molar-refractivity contribution in [1.29, 1.82) is 0 Å². The van der Waals surface area contributed by atoms with Gasteiger partial charge in [-0.15, -0.1) is 0 Å². The largest absolute Gasteiger partial charge is 0.379 e. The van der Waals surface area contributed by atoms with Crippen LogP contribution in [0, 0.1) is 5.92 Å². The van der Waals surface area contributed by atoms with Crippen molar-refractivity contribution in [2.75, 3.05) is 39.4 Å². The molecular weight excluding hydrogens is 230 g/mol. The van der Waals surface area contributed by atoms with Crippen molar-refractivity contribution in [3.8, 4) is 0 Å². The molecule has 1 amide bonds. The molecular formula is C13H27N3O2. The zero-order valence-corrected chi connectivity index (χ0v) is 11.7. The van der Waals surface area contributed by atoms with Gasteiger partial charge in [-0.05, 0) is 5.92 Å². The molecule has 0 bridgehead atoms. The molecule has 1 fully saturated rings. The number of nitrogens with one attached hydrogen (secondary N) is 1. The lowest BCUT2D eigenvalue weighted by Crippen LogP contribution is -2.52. The second-order valence-corrected chi connectivity index (χ2v) is 4.80. The van der Waals surface area contributed by atoms with E-state index in [2.05, 4.69) is 24.1 Å². The number of nitrogens with two attached hydrogens (primary N) is 1. The van der Waals surface area contributed by atoms with Crippen LogP contribution in [0.5, 0.6) is 0 Å². The summed E-state index contributed by atoms with van der Waals surface area (Å²) in [5.74, 6) is 0.542. The molecule has 3 N–H and O–H groups in total. The number of carbonyl (C=O) groups is 1. The van der Waals surface area contributed by atoms with Crippen LogP contribution in [0.3, 0.4) is 0 Å². The highest BCUT2D eigenvalue weighted by atomic mass is 16.5. The Morgan fingerprint density at radius 2 is 1.94 bits per heavy atom. The molecule has 106 valence electrons. The van der Waals surface area contributed by atoms with Crippen molar-refractivity contribution in [3.63, 3.8) is 0 Å². The third kappa shape index (κ3) is 4.55. The van der Waals surface area contributed by atoms with Crippen molar-refractivity contribution < 1.29 is 9.53 Å². The Morgan fingerprint density at radius 1 is 1.33 bits per heavy atom. The Hall–Kier alpha value is -0.650. The van der Waals surface area contributed by atoms with E-state index >= 15 is 0 Å². The number of hydrogen-bond donors (Lipinski definition) is 2. The molecule has 0 aromatic carbocycles. The molecule has 1 rings (SSSR count). The van der Waals surface area contributed by atoms with Gasteiger partial charge in [0.25, 0.3) is 0 Å². The zero-order chi connectivity index (χ0) is 13.4. The van der Waals surface area contributed by atoms with Gasteiger partial charge in [-0.1, -0.05) is 26.7 Å². The second-order valence-electron chi connectivity index (χ2n) is 4.80. The number of amides is 1. The Bertz CT molecular complexity index is 238. The van der Waals surface area contributed by atoms with Crippen molar-refractivity contribution in [2.45, 2.75) is 32.7 Å². The average Bonchev–Trinajstić information content (AvgIpc) is 2.44. The number of hydrogen-bond acceptors (Lipinski definition) is 4. The number of morpholine rings is 1. The van der Waals surface area contributed by atoms with E-state index < -0.39 is 0 Å². The van der Waals surface area contributed by atoms with E-state index in [0.717, 1.165) is 39.1 Å². The van der Waals surface area contributed by atoms with E-state index in [4.69, 9.17) is 10.5 Å². The Balaban J connectivity index is 2.57. The van der Waals surface area contributed by atoms with Crippen molar-refractivity contribution in [3.05, 3.63) is 0 Å². The fourth-order valence-corrected chi connectivity index (χ4v) is 2.63. The third-order valence-corrected chi connectivity index (χ3v) is 3.80. The summed E-state index contributed by atoms with van der Waals surface area (Å²) in [6.45, 7) is 8.70. The van der Waals surface area contributed by atoms with E-state index in [-0.39, 0.29) is 12.5 Å². The molecule has 0 aromatic heterocycles. The number of nitrogens with zero attached hydrogens (tertiary/aromatic N) is 1. The van der Waals surface area contributed by atoms with Gasteiger partial charge in [0.1, 0.15) is 0 Å². The minimum atomic E-state index is -0.0702. The van der Waals surface area contributed by atoms with Gasteiger partial charge >= 0.3 is 0 Å². The second kappa shape index (κ2) is 8.45. The van der Waals surface area contributed by atoms with Crippen molar-refractivity contribution in [2.24, 2.45) is 11.7 Å². The highest BCUT2D eigenvalue weighted by molar-refractivity contribution is 5.77. The molecule has 18 heavy (non-hydrogen) atoms. The fraction of sp³-hybridized carbons (Fsp3) is 0.923. The summed E-state index contributed by atoms with van der Waals surface area (Å²) in [6.07, 6.45) is 2.27. The van der Waals surface area contributed by atoms with E-state index in [0.29, 0.717) is 18.5 Å². The van der Waals surface area contributed by atoms with Gasteiger partial charge in [-0.25, -0.2) is 0 Å². The number of rotatable bonds is 7. The monoisotopic (exact) mass is 257 g/mol. The fourth-order valence-electron chi connectivity index (χ4n) is 2.63. The Kier molecular flexibility index (Phi) is 7.23. The quantitative estimate of drug-likeness (QED) is 0.683. The molecule has 0 aliphatic carbocycles. The number of carbonyl (C=O) groups excluding carboxylic acids is 1. The molecule has 0 spiro atoms. The van der Waals surface area contributed by atoms with Crippen LogP contribution in [-0.4, -0.2) is 56.2 Å². The highest BCUT2D eigenvalue weighted by Crippen LogP contribution is 2.19. The summed E-state index contributed by atoms with van der Waals surface area (Å²) in [5.41, 5.74) is 5.33. The SMILES string of the molecule is CCC(CC)C(CNC(=O)CN)N1CCOCC1. The first-order valence-electron chi connectivity index (χ1n) is 7.01. The summed E-state index contributed by atoms with van der Waals surface area (Å²) in [4.78, 5) is 13.8. The first kappa shape index (κ1) is 15.4. The predicted octanol–water partition coefficient (Wildman–Crippen LogP) is 0.198. The summed E-state index contributed by atoms with van der Waals surface area (Å²) >= 11 is 0. The minimum Gasteiger partial charge on any atom is -0.379 e. The smallest absolute Gasteiger partial charge is 0.233 e. The molecule has 5 heteroatoms. The van der Waals surface area contributed by atoms with Crippen LogP contribution in [0.2, 0.25) is 0 Å². The van der Waals surface area contributed by atoms with Crippen molar-refractivity contribution >= 4 is 5.91 Å². The molecule has 0 saturated carbocycles. The molecule has 1 aliphatic heterocycles. The molecule has 1 saturated heterocycles. The number of ether oxygens (including phenoxy) is 1. The molecule has 1 unspecified atom stereocenters. The molecule has 0 radical (unpaired) electrons. The van der Waals surface area contributed by atoms with Gasteiger partial charge < -0.3 is 15.8 Å². The van der Waals surface area contributed by atoms with Gasteiger partial charge in [0, 0.05) is 25.7 Å². The molecule has 1 atom stereocenters. The maximum absolute atomic E-state index is 11.3. The van der Waals surface area contributed by atoms with Crippen LogP contribution in [-0.2, 0) is 9.53 Å². The van der Waals surface area contributed by atoms with Gasteiger partial charge in [0.05, 0.1) is 19.8 Å². The van der Waals surface area contributed by atoms with Crippen LogP contribution in [0.4, 0.5) is 0 Å². The van der Waals surface area contributed by atoms with E-state index in [1.165, 1.54) is 0 Å². The van der Waals surface area contributed by atoms with Crippen LogP contribution in [0.15, 0.2) is 0 Å². The van der Waals surface area contributed by atoms with Gasteiger partial charge in [0.2, 0.25) is 5.91 Å². The zero-order valence-electron chi connectivity index (χ0n) is 11.7. The predicted molar refractivity (Wildman–Crippen MR) is 72.3 cm³/mol. The average molecular weight is 257 g/mol. The maximum atomic E-state index is 11.3. The van der Waals surface area contributed by atoms with Crippen LogP contribution >= 0.6 is 0 Å². The maximum Gasteiger partial charge on any atom is 0.233 e. The van der Waals surface area contributed by atoms with Crippen LogP contribution in [0.1, 0.15) is 26.7 Å². The third-order valence-electron chi connectivity index (χ3n) is 3.80. The van der Waals surface area contributed by atoms with E-state index in [1.807, 2.05) is 0 Å². The first-order valence-corrected chi connectivity index (χ1v) is 7.01. The topological polar surface area (TPSA) is 67.6 Å². The molecule has 1 aliphatic rings. The van der Waals surface area contributed by atoms with E-state index in [1.54, 1.807) is 0 Å². The van der Waals surface area contributed by atoms with Gasteiger partial charge in [0.15, 0.2) is 0 Å². The van der Waals surface area contributed by atoms with Gasteiger partial charge in [-0.3, -0.25) is 9.69 Å². The molecule has 5 nitrogen and oxygen atoms in total. The van der Waals surface area contributed by atoms with E-state index in [9.17, 15) is 4.79 Å². The summed E-state index contributed by atoms with van der Waals surface area (Å²) < 4.78 is 5.39. The lowest BCUT2D eigenvalue weighted by atomic mass is 9.92. The summed E-state index contributed by atoms with van der Waals surface area (Å²) in [7, 11) is 0. The lowest BCUT2D eigenvalue weighted by molar-refractivity contribution is -0.120.